The lowest BCUT2D eigenvalue weighted by molar-refractivity contribution is -0.146. The number of hydrogen-bond acceptors (Lipinski definition) is 8. The summed E-state index contributed by atoms with van der Waals surface area (Å²) in [6.45, 7) is 3.30. The number of carbonyl (C=O) groups is 4. The Morgan fingerprint density at radius 3 is 2.40 bits per heavy atom. The Hall–Kier alpha value is -3.29. The molecule has 8 nitrogen and oxygen atoms in total. The maximum absolute atomic E-state index is 12.4. The molecule has 130 valence electrons. The molecule has 1 heterocycles. The summed E-state index contributed by atoms with van der Waals surface area (Å²) in [7, 11) is 0. The van der Waals surface area contributed by atoms with Gasteiger partial charge in [-0.25, -0.2) is 9.59 Å². The van der Waals surface area contributed by atoms with Crippen molar-refractivity contribution in [2.24, 2.45) is 0 Å². The highest BCUT2D eigenvalue weighted by molar-refractivity contribution is 6.23. The molecule has 1 aromatic heterocycles. The lowest BCUT2D eigenvalue weighted by Gasteiger charge is -2.14. The topological polar surface area (TPSA) is 112 Å². The molecule has 0 radical (unpaired) electrons. The number of Topliss-reactive ketones (excluding diaryl/α,β-unsaturated/α-hetero) is 1. The average Bonchev–Trinajstić information content (AvgIpc) is 2.60. The number of esters is 2. The van der Waals surface area contributed by atoms with Gasteiger partial charge in [-0.1, -0.05) is 0 Å². The molecule has 0 aromatic carbocycles. The maximum atomic E-state index is 12.4. The van der Waals surface area contributed by atoms with Gasteiger partial charge in [-0.2, -0.15) is 0 Å². The van der Waals surface area contributed by atoms with Gasteiger partial charge < -0.3 is 14.8 Å². The summed E-state index contributed by atoms with van der Waals surface area (Å²) < 4.78 is 9.57. The van der Waals surface area contributed by atoms with Gasteiger partial charge in [0.2, 0.25) is 5.78 Å². The van der Waals surface area contributed by atoms with Crippen LogP contribution in [0.1, 0.15) is 34.7 Å². The van der Waals surface area contributed by atoms with E-state index in [-0.39, 0.29) is 30.2 Å². The van der Waals surface area contributed by atoms with E-state index in [4.69, 9.17) is 9.47 Å². The van der Waals surface area contributed by atoms with Gasteiger partial charge in [0.15, 0.2) is 11.4 Å². The second-order valence-electron chi connectivity index (χ2n) is 4.79. The fourth-order valence-corrected chi connectivity index (χ4v) is 2.06. The lowest BCUT2D eigenvalue weighted by atomic mass is 9.97. The Bertz CT molecular complexity index is 774. The summed E-state index contributed by atoms with van der Waals surface area (Å²) in [6, 6.07) is 3.05. The standard InChI is InChI=1S/C17H16N2O6/c1-3-24-16(22)11(17(23)25-4-2)9-19-12-8-13(20)10-6-5-7-18-14(10)15(12)21/h5-9,19H,3-4H2,1-2H3. The Kier molecular flexibility index (Phi) is 5.78. The SMILES string of the molecule is CCOC(=O)C(=CNC1=CC(=O)c2cccnc2C1=O)C(=O)OCC. The van der Waals surface area contributed by atoms with Crippen molar-refractivity contribution in [1.29, 1.82) is 0 Å². The fourth-order valence-electron chi connectivity index (χ4n) is 2.06. The number of nitrogens with zero attached hydrogens (tertiary/aromatic N) is 1. The third-order valence-electron chi connectivity index (χ3n) is 3.17. The molecule has 0 fully saturated rings. The van der Waals surface area contributed by atoms with Crippen LogP contribution in [-0.4, -0.2) is 41.7 Å². The van der Waals surface area contributed by atoms with Crippen molar-refractivity contribution in [2.45, 2.75) is 13.8 Å². The fraction of sp³-hybridized carbons (Fsp3) is 0.235. The molecule has 8 heteroatoms. The molecule has 0 saturated heterocycles. The van der Waals surface area contributed by atoms with Crippen LogP contribution in [0.2, 0.25) is 0 Å². The Morgan fingerprint density at radius 1 is 1.16 bits per heavy atom. The number of nitrogens with one attached hydrogen (secondary N) is 1. The third-order valence-corrected chi connectivity index (χ3v) is 3.17. The monoisotopic (exact) mass is 344 g/mol. The van der Waals surface area contributed by atoms with Crippen molar-refractivity contribution in [1.82, 2.24) is 10.3 Å². The molecule has 1 aliphatic carbocycles. The second kappa shape index (κ2) is 8.00. The van der Waals surface area contributed by atoms with E-state index in [1.54, 1.807) is 19.9 Å². The second-order valence-corrected chi connectivity index (χ2v) is 4.79. The van der Waals surface area contributed by atoms with E-state index >= 15 is 0 Å². The van der Waals surface area contributed by atoms with E-state index in [2.05, 4.69) is 10.3 Å². The molecule has 1 aliphatic rings. The number of pyridine rings is 1. The van der Waals surface area contributed by atoms with Crippen LogP contribution >= 0.6 is 0 Å². The average molecular weight is 344 g/mol. The number of hydrogen-bond donors (Lipinski definition) is 1. The molecule has 1 aromatic rings. The largest absolute Gasteiger partial charge is 0.462 e. The predicted molar refractivity (Wildman–Crippen MR) is 85.5 cm³/mol. The molecule has 25 heavy (non-hydrogen) atoms. The smallest absolute Gasteiger partial charge is 0.347 e. The molecule has 1 N–H and O–H groups in total. The van der Waals surface area contributed by atoms with Gasteiger partial charge in [-0.15, -0.1) is 0 Å². The van der Waals surface area contributed by atoms with Gasteiger partial charge in [0.05, 0.1) is 24.5 Å². The minimum Gasteiger partial charge on any atom is -0.462 e. The van der Waals surface area contributed by atoms with Gasteiger partial charge in [-0.3, -0.25) is 14.6 Å². The molecule has 0 atom stereocenters. The Morgan fingerprint density at radius 2 is 1.80 bits per heavy atom. The number of aromatic nitrogens is 1. The first-order chi connectivity index (χ1) is 12.0. The van der Waals surface area contributed by atoms with Crippen molar-refractivity contribution in [2.75, 3.05) is 13.2 Å². The van der Waals surface area contributed by atoms with E-state index < -0.39 is 29.1 Å². The number of allylic oxidation sites excluding steroid dienone is 2. The highest BCUT2D eigenvalue weighted by Gasteiger charge is 2.27. The van der Waals surface area contributed by atoms with Crippen LogP contribution in [0.3, 0.4) is 0 Å². The van der Waals surface area contributed by atoms with Gasteiger partial charge in [0.25, 0.3) is 0 Å². The highest BCUT2D eigenvalue weighted by atomic mass is 16.6. The van der Waals surface area contributed by atoms with E-state index in [9.17, 15) is 19.2 Å². The minimum absolute atomic E-state index is 0.000260. The van der Waals surface area contributed by atoms with Crippen molar-refractivity contribution >= 4 is 23.5 Å². The lowest BCUT2D eigenvalue weighted by Crippen LogP contribution is -2.27. The molecule has 0 bridgehead atoms. The zero-order valence-corrected chi connectivity index (χ0v) is 13.7. The summed E-state index contributed by atoms with van der Waals surface area (Å²) >= 11 is 0. The number of ether oxygens (including phenoxy) is 2. The van der Waals surface area contributed by atoms with Crippen molar-refractivity contribution in [3.63, 3.8) is 0 Å². The summed E-state index contributed by atoms with van der Waals surface area (Å²) in [5.41, 5.74) is -0.336. The van der Waals surface area contributed by atoms with Crippen molar-refractivity contribution < 1.29 is 28.7 Å². The molecule has 0 spiro atoms. The predicted octanol–water partition coefficient (Wildman–Crippen LogP) is 0.944. The molecular weight excluding hydrogens is 328 g/mol. The zero-order chi connectivity index (χ0) is 18.4. The van der Waals surface area contributed by atoms with Crippen LogP contribution in [0.25, 0.3) is 0 Å². The van der Waals surface area contributed by atoms with E-state index in [0.29, 0.717) is 0 Å². The summed E-state index contributed by atoms with van der Waals surface area (Å²) in [4.78, 5) is 52.0. The van der Waals surface area contributed by atoms with Crippen LogP contribution in [0.15, 0.2) is 41.9 Å². The van der Waals surface area contributed by atoms with Crippen molar-refractivity contribution in [3.8, 4) is 0 Å². The number of fused-ring (bicyclic) bond motifs is 1. The van der Waals surface area contributed by atoms with Crippen LogP contribution in [0.4, 0.5) is 0 Å². The molecule has 0 amide bonds. The van der Waals surface area contributed by atoms with Gasteiger partial charge >= 0.3 is 11.9 Å². The summed E-state index contributed by atoms with van der Waals surface area (Å²) in [5.74, 6) is -2.74. The van der Waals surface area contributed by atoms with Crippen LogP contribution in [-0.2, 0) is 19.1 Å². The van der Waals surface area contributed by atoms with Crippen LogP contribution in [0.5, 0.6) is 0 Å². The first-order valence-electron chi connectivity index (χ1n) is 7.56. The van der Waals surface area contributed by atoms with Gasteiger partial charge in [-0.05, 0) is 26.0 Å². The Balaban J connectivity index is 2.28. The summed E-state index contributed by atoms with van der Waals surface area (Å²) in [5, 5.41) is 2.51. The normalized spacial score (nSPS) is 12.6. The number of ketones is 2. The van der Waals surface area contributed by atoms with Crippen LogP contribution < -0.4 is 5.32 Å². The minimum atomic E-state index is -0.901. The Labute approximate surface area is 143 Å². The van der Waals surface area contributed by atoms with E-state index in [0.717, 1.165) is 12.3 Å². The van der Waals surface area contributed by atoms with Gasteiger partial charge in [0.1, 0.15) is 5.69 Å². The summed E-state index contributed by atoms with van der Waals surface area (Å²) in [6.07, 6.45) is 3.46. The zero-order valence-electron chi connectivity index (χ0n) is 13.7. The maximum Gasteiger partial charge on any atom is 0.347 e. The molecular formula is C17H16N2O6. The van der Waals surface area contributed by atoms with E-state index in [1.807, 2.05) is 0 Å². The van der Waals surface area contributed by atoms with Crippen molar-refractivity contribution in [3.05, 3.63) is 53.1 Å². The van der Waals surface area contributed by atoms with Crippen LogP contribution in [0, 0.1) is 0 Å². The van der Waals surface area contributed by atoms with Gasteiger partial charge in [0, 0.05) is 18.5 Å². The van der Waals surface area contributed by atoms with E-state index in [1.165, 1.54) is 12.3 Å². The number of rotatable bonds is 6. The quantitative estimate of drug-likeness (QED) is 0.351. The molecule has 2 rings (SSSR count). The molecule has 0 saturated carbocycles. The first-order valence-corrected chi connectivity index (χ1v) is 7.56. The molecule has 0 aliphatic heterocycles. The third kappa shape index (κ3) is 3.97. The first kappa shape index (κ1) is 18.1. The molecule has 0 unspecified atom stereocenters. The highest BCUT2D eigenvalue weighted by Crippen LogP contribution is 2.17. The number of carbonyl (C=O) groups excluding carboxylic acids is 4.